The van der Waals surface area contributed by atoms with E-state index in [1.54, 1.807) is 24.8 Å². The standard InChI is InChI=1S/C16H26/c1-3-4-5-12(2)16-9-13-6-14(10-16)8-15(7-13)11-16/h5,13-15H,3-4,6-11H2,1-2H3. The molecule has 4 aliphatic rings. The molecule has 0 unspecified atom stereocenters. The Balaban J connectivity index is 1.82. The summed E-state index contributed by atoms with van der Waals surface area (Å²) in [7, 11) is 0. The molecule has 4 fully saturated rings. The van der Waals surface area contributed by atoms with E-state index in [0.717, 1.165) is 17.8 Å². The van der Waals surface area contributed by atoms with Gasteiger partial charge in [-0.25, -0.2) is 0 Å². The molecule has 0 aromatic carbocycles. The van der Waals surface area contributed by atoms with Crippen LogP contribution in [0, 0.1) is 23.2 Å². The van der Waals surface area contributed by atoms with Gasteiger partial charge in [-0.3, -0.25) is 0 Å². The average Bonchev–Trinajstić information content (AvgIpc) is 2.24. The van der Waals surface area contributed by atoms with Crippen LogP contribution in [0.1, 0.15) is 65.2 Å². The Morgan fingerprint density at radius 3 is 2.00 bits per heavy atom. The molecule has 4 saturated carbocycles. The Labute approximate surface area is 101 Å². The van der Waals surface area contributed by atoms with Crippen LogP contribution in [0.15, 0.2) is 11.6 Å². The largest absolute Gasteiger partial charge is 0.0851 e. The molecule has 0 aliphatic heterocycles. The van der Waals surface area contributed by atoms with Crippen molar-refractivity contribution in [2.24, 2.45) is 23.2 Å². The van der Waals surface area contributed by atoms with Crippen LogP contribution in [0.2, 0.25) is 0 Å². The molecule has 0 nitrogen and oxygen atoms in total. The van der Waals surface area contributed by atoms with Gasteiger partial charge in [-0.2, -0.15) is 0 Å². The summed E-state index contributed by atoms with van der Waals surface area (Å²) in [6, 6.07) is 0. The Morgan fingerprint density at radius 2 is 1.56 bits per heavy atom. The number of hydrogen-bond acceptors (Lipinski definition) is 0. The molecule has 0 N–H and O–H groups in total. The molecule has 0 heteroatoms. The maximum atomic E-state index is 2.56. The Kier molecular flexibility index (Phi) is 2.64. The maximum Gasteiger partial charge on any atom is -0.00829 e. The summed E-state index contributed by atoms with van der Waals surface area (Å²) >= 11 is 0. The molecule has 4 rings (SSSR count). The first-order valence-electron chi connectivity index (χ1n) is 7.39. The topological polar surface area (TPSA) is 0 Å². The highest BCUT2D eigenvalue weighted by molar-refractivity contribution is 5.18. The molecular weight excluding hydrogens is 192 g/mol. The van der Waals surface area contributed by atoms with Gasteiger partial charge in [0.05, 0.1) is 0 Å². The molecule has 90 valence electrons. The van der Waals surface area contributed by atoms with E-state index in [9.17, 15) is 0 Å². The van der Waals surface area contributed by atoms with Gasteiger partial charge in [-0.1, -0.05) is 25.0 Å². The summed E-state index contributed by atoms with van der Waals surface area (Å²) in [5.74, 6) is 3.28. The summed E-state index contributed by atoms with van der Waals surface area (Å²) in [6.45, 7) is 4.73. The fraction of sp³-hybridized carbons (Fsp3) is 0.875. The van der Waals surface area contributed by atoms with Gasteiger partial charge in [0.1, 0.15) is 0 Å². The van der Waals surface area contributed by atoms with Crippen LogP contribution in [-0.2, 0) is 0 Å². The summed E-state index contributed by atoms with van der Waals surface area (Å²) in [5.41, 5.74) is 2.43. The molecule has 4 bridgehead atoms. The summed E-state index contributed by atoms with van der Waals surface area (Å²) in [4.78, 5) is 0. The molecule has 0 amide bonds. The van der Waals surface area contributed by atoms with Gasteiger partial charge >= 0.3 is 0 Å². The van der Waals surface area contributed by atoms with Gasteiger partial charge in [-0.15, -0.1) is 0 Å². The Morgan fingerprint density at radius 1 is 1.06 bits per heavy atom. The van der Waals surface area contributed by atoms with E-state index in [2.05, 4.69) is 19.9 Å². The summed E-state index contributed by atoms with van der Waals surface area (Å²) in [6.07, 6.45) is 14.5. The molecule has 0 saturated heterocycles. The van der Waals surface area contributed by atoms with Crippen molar-refractivity contribution >= 4 is 0 Å². The van der Waals surface area contributed by atoms with E-state index in [1.807, 2.05) is 0 Å². The fourth-order valence-corrected chi connectivity index (χ4v) is 5.17. The Bertz CT molecular complexity index is 262. The minimum absolute atomic E-state index is 0.671. The van der Waals surface area contributed by atoms with Crippen LogP contribution in [-0.4, -0.2) is 0 Å². The molecule has 0 heterocycles. The highest BCUT2D eigenvalue weighted by Crippen LogP contribution is 2.62. The number of hydrogen-bond donors (Lipinski definition) is 0. The van der Waals surface area contributed by atoms with E-state index < -0.39 is 0 Å². The Hall–Kier alpha value is -0.260. The molecule has 0 aromatic rings. The van der Waals surface area contributed by atoms with Gasteiger partial charge in [-0.05, 0) is 75.0 Å². The smallest absolute Gasteiger partial charge is 0.00829 e. The molecule has 4 aliphatic carbocycles. The van der Waals surface area contributed by atoms with Crippen LogP contribution >= 0.6 is 0 Å². The van der Waals surface area contributed by atoms with E-state index in [0.29, 0.717) is 5.41 Å². The van der Waals surface area contributed by atoms with Gasteiger partial charge < -0.3 is 0 Å². The third-order valence-corrected chi connectivity index (χ3v) is 5.61. The molecule has 0 spiro atoms. The van der Waals surface area contributed by atoms with Crippen molar-refractivity contribution in [2.45, 2.75) is 65.2 Å². The summed E-state index contributed by atoms with van der Waals surface area (Å²) in [5, 5.41) is 0. The zero-order chi connectivity index (χ0) is 11.2. The number of rotatable bonds is 3. The second kappa shape index (κ2) is 3.89. The lowest BCUT2D eigenvalue weighted by Crippen LogP contribution is -2.46. The minimum Gasteiger partial charge on any atom is -0.0851 e. The van der Waals surface area contributed by atoms with E-state index in [4.69, 9.17) is 0 Å². The fourth-order valence-electron chi connectivity index (χ4n) is 5.17. The van der Waals surface area contributed by atoms with Gasteiger partial charge in [0.25, 0.3) is 0 Å². The first-order chi connectivity index (χ1) is 7.72. The molecule has 0 aromatic heterocycles. The predicted octanol–water partition coefficient (Wildman–Crippen LogP) is 4.95. The molecule has 0 atom stereocenters. The van der Waals surface area contributed by atoms with E-state index >= 15 is 0 Å². The van der Waals surface area contributed by atoms with Crippen molar-refractivity contribution < 1.29 is 0 Å². The maximum absolute atomic E-state index is 2.56. The summed E-state index contributed by atoms with van der Waals surface area (Å²) < 4.78 is 0. The second-order valence-corrected chi connectivity index (χ2v) is 6.87. The normalized spacial score (nSPS) is 46.4. The number of allylic oxidation sites excluding steroid dienone is 2. The average molecular weight is 218 g/mol. The van der Waals surface area contributed by atoms with Crippen LogP contribution in [0.3, 0.4) is 0 Å². The lowest BCUT2D eigenvalue weighted by Gasteiger charge is -2.57. The van der Waals surface area contributed by atoms with Crippen molar-refractivity contribution in [1.29, 1.82) is 0 Å². The van der Waals surface area contributed by atoms with Crippen LogP contribution in [0.25, 0.3) is 0 Å². The minimum atomic E-state index is 0.671. The van der Waals surface area contributed by atoms with E-state index in [-0.39, 0.29) is 0 Å². The van der Waals surface area contributed by atoms with Crippen LogP contribution < -0.4 is 0 Å². The van der Waals surface area contributed by atoms with Gasteiger partial charge in [0.2, 0.25) is 0 Å². The van der Waals surface area contributed by atoms with Crippen molar-refractivity contribution in [3.05, 3.63) is 11.6 Å². The highest BCUT2D eigenvalue weighted by atomic mass is 14.6. The lowest BCUT2D eigenvalue weighted by molar-refractivity contribution is -0.0305. The number of unbranched alkanes of at least 4 members (excludes halogenated alkanes) is 1. The van der Waals surface area contributed by atoms with Crippen LogP contribution in [0.4, 0.5) is 0 Å². The van der Waals surface area contributed by atoms with Crippen molar-refractivity contribution in [2.75, 3.05) is 0 Å². The van der Waals surface area contributed by atoms with E-state index in [1.165, 1.54) is 32.1 Å². The monoisotopic (exact) mass is 218 g/mol. The van der Waals surface area contributed by atoms with Crippen molar-refractivity contribution in [3.63, 3.8) is 0 Å². The predicted molar refractivity (Wildman–Crippen MR) is 69.3 cm³/mol. The van der Waals surface area contributed by atoms with Gasteiger partial charge in [0.15, 0.2) is 0 Å². The third kappa shape index (κ3) is 1.65. The molecular formula is C16H26. The highest BCUT2D eigenvalue weighted by Gasteiger charge is 2.51. The zero-order valence-electron chi connectivity index (χ0n) is 11.0. The molecule has 0 radical (unpaired) electrons. The first kappa shape index (κ1) is 10.9. The van der Waals surface area contributed by atoms with Crippen molar-refractivity contribution in [3.8, 4) is 0 Å². The quantitative estimate of drug-likeness (QED) is 0.588. The lowest BCUT2D eigenvalue weighted by atomic mass is 9.48. The SMILES string of the molecule is CCCC=C(C)C12CC3CC(CC(C3)C1)C2. The third-order valence-electron chi connectivity index (χ3n) is 5.61. The van der Waals surface area contributed by atoms with Crippen molar-refractivity contribution in [1.82, 2.24) is 0 Å². The molecule has 16 heavy (non-hydrogen) atoms. The van der Waals surface area contributed by atoms with Gasteiger partial charge in [0, 0.05) is 0 Å². The second-order valence-electron chi connectivity index (χ2n) is 6.87. The first-order valence-corrected chi connectivity index (χ1v) is 7.39. The zero-order valence-corrected chi connectivity index (χ0v) is 11.0. The van der Waals surface area contributed by atoms with Crippen LogP contribution in [0.5, 0.6) is 0 Å².